The molecule has 136 valence electrons. The summed E-state index contributed by atoms with van der Waals surface area (Å²) >= 11 is 0. The van der Waals surface area contributed by atoms with E-state index in [2.05, 4.69) is 18.0 Å². The van der Waals surface area contributed by atoms with Gasteiger partial charge in [0.05, 0.1) is 12.8 Å². The van der Waals surface area contributed by atoms with Gasteiger partial charge in [0, 0.05) is 17.1 Å². The van der Waals surface area contributed by atoms with Gasteiger partial charge in [-0.3, -0.25) is 9.69 Å². The molecule has 4 rings (SSSR count). The van der Waals surface area contributed by atoms with Gasteiger partial charge in [0.2, 0.25) is 0 Å². The third-order valence-corrected chi connectivity index (χ3v) is 4.81. The Kier molecular flexibility index (Phi) is 4.28. The molecule has 27 heavy (non-hydrogen) atoms. The number of hydrogen-bond acceptors (Lipinski definition) is 4. The highest BCUT2D eigenvalue weighted by Crippen LogP contribution is 2.30. The van der Waals surface area contributed by atoms with Crippen molar-refractivity contribution in [2.45, 2.75) is 27.3 Å². The number of aromatic nitrogens is 1. The molecule has 1 aromatic carbocycles. The summed E-state index contributed by atoms with van der Waals surface area (Å²) in [6.07, 6.45) is 3.25. The zero-order valence-corrected chi connectivity index (χ0v) is 15.5. The maximum atomic E-state index is 13.4. The van der Waals surface area contributed by atoms with Crippen LogP contribution in [0.2, 0.25) is 0 Å². The van der Waals surface area contributed by atoms with Crippen molar-refractivity contribution in [3.8, 4) is 0 Å². The van der Waals surface area contributed by atoms with Gasteiger partial charge in [-0.15, -0.1) is 0 Å². The Hall–Kier alpha value is -3.34. The highest BCUT2D eigenvalue weighted by atomic mass is 16.3. The SMILES string of the molecule is Cc1cc2oc(C(=O)N(Cc3ccco3)c3ccccn3)c(C)c2cc1C. The summed E-state index contributed by atoms with van der Waals surface area (Å²) in [5, 5.41) is 0.959. The molecule has 3 heterocycles. The zero-order chi connectivity index (χ0) is 19.0. The first-order valence-electron chi connectivity index (χ1n) is 8.80. The van der Waals surface area contributed by atoms with Crippen LogP contribution in [0.1, 0.15) is 33.0 Å². The average molecular weight is 360 g/mol. The van der Waals surface area contributed by atoms with Crippen molar-refractivity contribution in [2.24, 2.45) is 0 Å². The van der Waals surface area contributed by atoms with Crippen molar-refractivity contribution in [1.82, 2.24) is 4.98 Å². The molecule has 4 aromatic rings. The molecule has 0 aliphatic carbocycles. The molecule has 1 amide bonds. The number of furan rings is 2. The average Bonchev–Trinajstić information content (AvgIpc) is 3.29. The predicted octanol–water partition coefficient (Wildman–Crippen LogP) is 5.19. The number of rotatable bonds is 4. The number of aryl methyl sites for hydroxylation is 3. The highest BCUT2D eigenvalue weighted by molar-refractivity contribution is 6.07. The fourth-order valence-electron chi connectivity index (χ4n) is 3.13. The summed E-state index contributed by atoms with van der Waals surface area (Å²) in [7, 11) is 0. The fraction of sp³-hybridized carbons (Fsp3) is 0.182. The van der Waals surface area contributed by atoms with E-state index in [4.69, 9.17) is 8.83 Å². The summed E-state index contributed by atoms with van der Waals surface area (Å²) in [6, 6.07) is 13.1. The topological polar surface area (TPSA) is 59.5 Å². The normalized spacial score (nSPS) is 11.1. The Bertz CT molecular complexity index is 1100. The highest BCUT2D eigenvalue weighted by Gasteiger charge is 2.26. The van der Waals surface area contributed by atoms with Crippen LogP contribution in [0.25, 0.3) is 11.0 Å². The van der Waals surface area contributed by atoms with Gasteiger partial charge >= 0.3 is 0 Å². The third-order valence-electron chi connectivity index (χ3n) is 4.81. The Morgan fingerprint density at radius 2 is 1.89 bits per heavy atom. The summed E-state index contributed by atoms with van der Waals surface area (Å²) in [4.78, 5) is 19.3. The number of pyridine rings is 1. The number of fused-ring (bicyclic) bond motifs is 1. The molecule has 0 aliphatic rings. The van der Waals surface area contributed by atoms with Gasteiger partial charge in [-0.2, -0.15) is 0 Å². The van der Waals surface area contributed by atoms with E-state index in [1.54, 1.807) is 29.5 Å². The van der Waals surface area contributed by atoms with Crippen molar-refractivity contribution in [2.75, 3.05) is 4.90 Å². The minimum absolute atomic E-state index is 0.242. The van der Waals surface area contributed by atoms with Crippen LogP contribution >= 0.6 is 0 Å². The minimum atomic E-state index is -0.242. The molecule has 0 saturated carbocycles. The molecule has 0 bridgehead atoms. The Labute approximate surface area is 157 Å². The lowest BCUT2D eigenvalue weighted by molar-refractivity contribution is 0.0957. The number of anilines is 1. The molecular formula is C22H20N2O3. The Morgan fingerprint density at radius 3 is 2.59 bits per heavy atom. The molecule has 0 spiro atoms. The molecule has 0 radical (unpaired) electrons. The van der Waals surface area contributed by atoms with Gasteiger partial charge in [-0.05, 0) is 68.3 Å². The lowest BCUT2D eigenvalue weighted by Crippen LogP contribution is -2.31. The van der Waals surface area contributed by atoms with Gasteiger partial charge in [0.25, 0.3) is 5.91 Å². The second-order valence-corrected chi connectivity index (χ2v) is 6.65. The van der Waals surface area contributed by atoms with E-state index in [-0.39, 0.29) is 12.5 Å². The van der Waals surface area contributed by atoms with Crippen LogP contribution in [0, 0.1) is 20.8 Å². The van der Waals surface area contributed by atoms with E-state index in [9.17, 15) is 4.79 Å². The number of carbonyl (C=O) groups excluding carboxylic acids is 1. The van der Waals surface area contributed by atoms with Crippen molar-refractivity contribution >= 4 is 22.7 Å². The molecule has 0 aliphatic heterocycles. The molecular weight excluding hydrogens is 340 g/mol. The lowest BCUT2D eigenvalue weighted by atomic mass is 10.0. The van der Waals surface area contributed by atoms with E-state index in [1.165, 1.54) is 5.56 Å². The third kappa shape index (κ3) is 3.12. The van der Waals surface area contributed by atoms with Crippen LogP contribution in [-0.4, -0.2) is 10.9 Å². The van der Waals surface area contributed by atoms with E-state index >= 15 is 0 Å². The number of hydrogen-bond donors (Lipinski definition) is 0. The van der Waals surface area contributed by atoms with Crippen molar-refractivity contribution in [3.05, 3.63) is 83.1 Å². The summed E-state index contributed by atoms with van der Waals surface area (Å²) in [5.41, 5.74) is 3.85. The molecule has 5 nitrogen and oxygen atoms in total. The van der Waals surface area contributed by atoms with Crippen LogP contribution in [0.4, 0.5) is 5.82 Å². The van der Waals surface area contributed by atoms with Gasteiger partial charge in [-0.25, -0.2) is 4.98 Å². The summed E-state index contributed by atoms with van der Waals surface area (Å²) in [5.74, 6) is 1.31. The number of nitrogens with zero attached hydrogens (tertiary/aromatic N) is 2. The molecule has 0 atom stereocenters. The first kappa shape index (κ1) is 17.1. The zero-order valence-electron chi connectivity index (χ0n) is 15.5. The van der Waals surface area contributed by atoms with E-state index in [0.29, 0.717) is 17.3 Å². The minimum Gasteiger partial charge on any atom is -0.467 e. The van der Waals surface area contributed by atoms with Crippen LogP contribution < -0.4 is 4.90 Å². The smallest absolute Gasteiger partial charge is 0.295 e. The van der Waals surface area contributed by atoms with E-state index in [1.807, 2.05) is 38.1 Å². The van der Waals surface area contributed by atoms with E-state index < -0.39 is 0 Å². The fourth-order valence-corrected chi connectivity index (χ4v) is 3.13. The van der Waals surface area contributed by atoms with Gasteiger partial charge in [-0.1, -0.05) is 6.07 Å². The summed E-state index contributed by atoms with van der Waals surface area (Å²) in [6.45, 7) is 6.28. The van der Waals surface area contributed by atoms with Crippen molar-refractivity contribution in [3.63, 3.8) is 0 Å². The van der Waals surface area contributed by atoms with Gasteiger partial charge in [0.1, 0.15) is 17.2 Å². The van der Waals surface area contributed by atoms with Crippen molar-refractivity contribution in [1.29, 1.82) is 0 Å². The van der Waals surface area contributed by atoms with Crippen LogP contribution in [0.5, 0.6) is 0 Å². The number of benzene rings is 1. The second kappa shape index (κ2) is 6.76. The van der Waals surface area contributed by atoms with Crippen LogP contribution in [0.3, 0.4) is 0 Å². The van der Waals surface area contributed by atoms with Gasteiger partial charge in [0.15, 0.2) is 5.76 Å². The maximum absolute atomic E-state index is 13.4. The standard InChI is InChI=1S/C22H20N2O3/c1-14-11-18-16(3)21(27-19(18)12-15(14)2)22(25)24(13-17-7-6-10-26-17)20-8-4-5-9-23-20/h4-12H,13H2,1-3H3. The molecule has 3 aromatic heterocycles. The molecule has 0 N–H and O–H groups in total. The number of carbonyl (C=O) groups is 1. The maximum Gasteiger partial charge on any atom is 0.295 e. The molecule has 0 fully saturated rings. The largest absolute Gasteiger partial charge is 0.467 e. The monoisotopic (exact) mass is 360 g/mol. The Balaban J connectivity index is 1.79. The molecule has 5 heteroatoms. The molecule has 0 unspecified atom stereocenters. The van der Waals surface area contributed by atoms with Gasteiger partial charge < -0.3 is 8.83 Å². The first-order chi connectivity index (χ1) is 13.0. The predicted molar refractivity (Wildman–Crippen MR) is 104 cm³/mol. The Morgan fingerprint density at radius 1 is 1.07 bits per heavy atom. The number of amides is 1. The summed E-state index contributed by atoms with van der Waals surface area (Å²) < 4.78 is 11.4. The van der Waals surface area contributed by atoms with Crippen LogP contribution in [-0.2, 0) is 6.54 Å². The quantitative estimate of drug-likeness (QED) is 0.502. The lowest BCUT2D eigenvalue weighted by Gasteiger charge is -2.19. The second-order valence-electron chi connectivity index (χ2n) is 6.65. The van der Waals surface area contributed by atoms with Crippen molar-refractivity contribution < 1.29 is 13.6 Å². The van der Waals surface area contributed by atoms with Crippen LogP contribution in [0.15, 0.2) is 63.8 Å². The first-order valence-corrected chi connectivity index (χ1v) is 8.80. The molecule has 0 saturated heterocycles. The van der Waals surface area contributed by atoms with E-state index in [0.717, 1.165) is 22.1 Å².